The van der Waals surface area contributed by atoms with E-state index in [1.165, 1.54) is 4.68 Å². The number of aromatic nitrogens is 5. The molecule has 0 amide bonds. The molecule has 126 valence electrons. The lowest BCUT2D eigenvalue weighted by Crippen LogP contribution is -2.15. The second kappa shape index (κ2) is 6.38. The highest BCUT2D eigenvalue weighted by atomic mass is 32.2. The Morgan fingerprint density at radius 2 is 1.96 bits per heavy atom. The maximum atomic E-state index is 12.5. The number of aryl methyl sites for hydroxylation is 1. The fraction of sp³-hybridized carbons (Fsp3) is 0.714. The topological polar surface area (TPSA) is 104 Å². The largest absolute Gasteiger partial charge is 0.361 e. The van der Waals surface area contributed by atoms with Crippen molar-refractivity contribution in [2.75, 3.05) is 0 Å². The summed E-state index contributed by atoms with van der Waals surface area (Å²) in [6.07, 6.45) is 4.94. The standard InChI is InChI=1S/C14H21N5O3S/c1-10(2)19-14(15-17-18-19)9-23(20,21)8-12-11-6-4-3-5-7-13(11)22-16-12/h10H,3-9H2,1-2H3. The van der Waals surface area contributed by atoms with Gasteiger partial charge in [-0.3, -0.25) is 0 Å². The number of nitrogens with zero attached hydrogens (tertiary/aromatic N) is 5. The van der Waals surface area contributed by atoms with E-state index in [1.807, 2.05) is 13.8 Å². The molecule has 0 aromatic carbocycles. The predicted octanol–water partition coefficient (Wildman–Crippen LogP) is 1.63. The minimum atomic E-state index is -3.41. The van der Waals surface area contributed by atoms with Gasteiger partial charge in [-0.1, -0.05) is 11.6 Å². The van der Waals surface area contributed by atoms with Crippen LogP contribution in [0.3, 0.4) is 0 Å². The summed E-state index contributed by atoms with van der Waals surface area (Å²) in [7, 11) is -3.41. The molecule has 2 aromatic rings. The molecule has 2 aromatic heterocycles. The zero-order valence-corrected chi connectivity index (χ0v) is 14.2. The molecule has 9 heteroatoms. The molecule has 1 aliphatic carbocycles. The molecular weight excluding hydrogens is 318 g/mol. The van der Waals surface area contributed by atoms with Crippen molar-refractivity contribution >= 4 is 9.84 Å². The van der Waals surface area contributed by atoms with Crippen LogP contribution in [-0.2, 0) is 34.2 Å². The van der Waals surface area contributed by atoms with Gasteiger partial charge >= 0.3 is 0 Å². The number of fused-ring (bicyclic) bond motifs is 1. The highest BCUT2D eigenvalue weighted by Crippen LogP contribution is 2.25. The molecule has 0 fully saturated rings. The third-order valence-corrected chi connectivity index (χ3v) is 5.45. The van der Waals surface area contributed by atoms with Crippen LogP contribution in [0.5, 0.6) is 0 Å². The second-order valence-corrected chi connectivity index (χ2v) is 8.32. The van der Waals surface area contributed by atoms with Crippen LogP contribution >= 0.6 is 0 Å². The number of tetrazole rings is 1. The molecule has 0 bridgehead atoms. The Morgan fingerprint density at radius 1 is 1.17 bits per heavy atom. The molecule has 0 N–H and O–H groups in total. The molecule has 23 heavy (non-hydrogen) atoms. The zero-order valence-electron chi connectivity index (χ0n) is 13.4. The summed E-state index contributed by atoms with van der Waals surface area (Å²) in [5.41, 5.74) is 1.53. The van der Waals surface area contributed by atoms with Gasteiger partial charge in [0.1, 0.15) is 17.2 Å². The van der Waals surface area contributed by atoms with Crippen molar-refractivity contribution in [3.05, 3.63) is 22.8 Å². The monoisotopic (exact) mass is 339 g/mol. The van der Waals surface area contributed by atoms with Gasteiger partial charge in [0.2, 0.25) is 0 Å². The molecule has 2 heterocycles. The van der Waals surface area contributed by atoms with E-state index in [-0.39, 0.29) is 17.5 Å². The summed E-state index contributed by atoms with van der Waals surface area (Å²) >= 11 is 0. The second-order valence-electron chi connectivity index (χ2n) is 6.26. The van der Waals surface area contributed by atoms with Gasteiger partial charge in [-0.2, -0.15) is 0 Å². The Morgan fingerprint density at radius 3 is 2.74 bits per heavy atom. The van der Waals surface area contributed by atoms with Crippen LogP contribution in [0.1, 0.15) is 62.0 Å². The average molecular weight is 339 g/mol. The first kappa shape index (κ1) is 16.1. The maximum Gasteiger partial charge on any atom is 0.166 e. The lowest BCUT2D eigenvalue weighted by molar-refractivity contribution is 0.376. The lowest BCUT2D eigenvalue weighted by Gasteiger charge is -2.08. The molecule has 1 aliphatic rings. The van der Waals surface area contributed by atoms with Crippen molar-refractivity contribution in [2.45, 2.75) is 63.5 Å². The van der Waals surface area contributed by atoms with Crippen molar-refractivity contribution in [1.29, 1.82) is 0 Å². The van der Waals surface area contributed by atoms with E-state index in [4.69, 9.17) is 4.52 Å². The van der Waals surface area contributed by atoms with Crippen molar-refractivity contribution < 1.29 is 12.9 Å². The Labute approximate surface area is 135 Å². The molecule has 0 spiro atoms. The highest BCUT2D eigenvalue weighted by molar-refractivity contribution is 7.89. The summed E-state index contributed by atoms with van der Waals surface area (Å²) in [6.45, 7) is 3.81. The summed E-state index contributed by atoms with van der Waals surface area (Å²) < 4.78 is 31.9. The minimum absolute atomic E-state index is 0.0125. The van der Waals surface area contributed by atoms with Crippen LogP contribution in [0, 0.1) is 0 Å². The fourth-order valence-electron chi connectivity index (χ4n) is 2.90. The van der Waals surface area contributed by atoms with Crippen LogP contribution in [0.25, 0.3) is 0 Å². The molecular formula is C14H21N5O3S. The molecule has 0 unspecified atom stereocenters. The first-order valence-electron chi connectivity index (χ1n) is 7.90. The van der Waals surface area contributed by atoms with E-state index >= 15 is 0 Å². The molecule has 3 rings (SSSR count). The average Bonchev–Trinajstić information content (AvgIpc) is 2.99. The third-order valence-electron chi connectivity index (χ3n) is 4.04. The summed E-state index contributed by atoms with van der Waals surface area (Å²) in [6, 6.07) is 0.0125. The van der Waals surface area contributed by atoms with E-state index in [1.54, 1.807) is 0 Å². The number of hydrogen-bond acceptors (Lipinski definition) is 7. The van der Waals surface area contributed by atoms with Gasteiger partial charge in [-0.05, 0) is 43.5 Å². The van der Waals surface area contributed by atoms with Crippen molar-refractivity contribution in [1.82, 2.24) is 25.4 Å². The first-order valence-corrected chi connectivity index (χ1v) is 9.72. The molecule has 0 radical (unpaired) electrons. The first-order chi connectivity index (χ1) is 11.0. The minimum Gasteiger partial charge on any atom is -0.361 e. The SMILES string of the molecule is CC(C)n1nnnc1CS(=O)(=O)Cc1noc2c1CCCCC2. The van der Waals surface area contributed by atoms with Crippen LogP contribution in [0.4, 0.5) is 0 Å². The van der Waals surface area contributed by atoms with E-state index in [0.717, 1.165) is 43.4 Å². The normalized spacial score (nSPS) is 15.6. The van der Waals surface area contributed by atoms with Crippen molar-refractivity contribution in [3.8, 4) is 0 Å². The summed E-state index contributed by atoms with van der Waals surface area (Å²) in [5, 5.41) is 15.2. The van der Waals surface area contributed by atoms with Crippen LogP contribution in [0.2, 0.25) is 0 Å². The van der Waals surface area contributed by atoms with Gasteiger partial charge in [0.25, 0.3) is 0 Å². The quantitative estimate of drug-likeness (QED) is 0.762. The number of rotatable bonds is 5. The molecule has 0 aliphatic heterocycles. The third kappa shape index (κ3) is 3.60. The lowest BCUT2D eigenvalue weighted by atomic mass is 10.1. The fourth-order valence-corrected chi connectivity index (χ4v) is 4.23. The van der Waals surface area contributed by atoms with Gasteiger partial charge < -0.3 is 4.52 Å². The van der Waals surface area contributed by atoms with Crippen LogP contribution in [-0.4, -0.2) is 33.8 Å². The van der Waals surface area contributed by atoms with Gasteiger partial charge in [-0.25, -0.2) is 13.1 Å². The number of sulfone groups is 1. The molecule has 8 nitrogen and oxygen atoms in total. The Kier molecular flexibility index (Phi) is 4.47. The van der Waals surface area contributed by atoms with Crippen molar-refractivity contribution in [3.63, 3.8) is 0 Å². The van der Waals surface area contributed by atoms with E-state index in [0.29, 0.717) is 11.5 Å². The summed E-state index contributed by atoms with van der Waals surface area (Å²) in [4.78, 5) is 0. The maximum absolute atomic E-state index is 12.5. The van der Waals surface area contributed by atoms with Crippen LogP contribution in [0.15, 0.2) is 4.52 Å². The molecule has 0 saturated carbocycles. The van der Waals surface area contributed by atoms with Crippen molar-refractivity contribution in [2.24, 2.45) is 0 Å². The van der Waals surface area contributed by atoms with E-state index in [9.17, 15) is 8.42 Å². The van der Waals surface area contributed by atoms with Gasteiger partial charge in [-0.15, -0.1) is 5.10 Å². The summed E-state index contributed by atoms with van der Waals surface area (Å²) in [5.74, 6) is 0.880. The zero-order chi connectivity index (χ0) is 16.4. The van der Waals surface area contributed by atoms with E-state index < -0.39 is 9.84 Å². The molecule has 0 saturated heterocycles. The Hall–Kier alpha value is -1.77. The Bertz CT molecular complexity index is 778. The Balaban J connectivity index is 1.79. The molecule has 0 atom stereocenters. The smallest absolute Gasteiger partial charge is 0.166 e. The van der Waals surface area contributed by atoms with Gasteiger partial charge in [0.05, 0.1) is 11.8 Å². The van der Waals surface area contributed by atoms with E-state index in [2.05, 4.69) is 20.7 Å². The number of hydrogen-bond donors (Lipinski definition) is 0. The predicted molar refractivity (Wildman–Crippen MR) is 82.3 cm³/mol. The van der Waals surface area contributed by atoms with Gasteiger partial charge in [0.15, 0.2) is 15.7 Å². The van der Waals surface area contributed by atoms with Gasteiger partial charge in [0, 0.05) is 12.0 Å². The highest BCUT2D eigenvalue weighted by Gasteiger charge is 2.25. The van der Waals surface area contributed by atoms with Crippen LogP contribution < -0.4 is 0 Å².